The number of carbonyl (C=O) groups is 1. The van der Waals surface area contributed by atoms with Crippen molar-refractivity contribution in [2.24, 2.45) is 5.92 Å². The van der Waals surface area contributed by atoms with Gasteiger partial charge in [-0.2, -0.15) is 0 Å². The zero-order valence-electron chi connectivity index (χ0n) is 17.2. The number of hydrogen-bond acceptors (Lipinski definition) is 4. The molecule has 1 amide bonds. The predicted octanol–water partition coefficient (Wildman–Crippen LogP) is 4.44. The van der Waals surface area contributed by atoms with Crippen LogP contribution < -0.4 is 11.1 Å². The number of nitrogen functional groups attached to an aromatic ring is 1. The molecule has 1 aliphatic rings. The molecule has 5 nitrogen and oxygen atoms in total. The summed E-state index contributed by atoms with van der Waals surface area (Å²) in [6, 6.07) is 4.07. The number of benzene rings is 1. The number of piperidine rings is 1. The highest BCUT2D eigenvalue weighted by atomic mass is 79.9. The fraction of sp³-hybridized carbons (Fsp3) is 0.667. The van der Waals surface area contributed by atoms with Crippen LogP contribution >= 0.6 is 15.9 Å². The SMILES string of the molecule is CC(C)CCCCN(C)C(=O)c1cc(Br)cc(N)c1NC1CCCN(C)C1. The van der Waals surface area contributed by atoms with Crippen molar-refractivity contribution < 1.29 is 4.79 Å². The van der Waals surface area contributed by atoms with Gasteiger partial charge in [0.05, 0.1) is 16.9 Å². The first-order valence-corrected chi connectivity index (χ1v) is 10.9. The summed E-state index contributed by atoms with van der Waals surface area (Å²) in [6.45, 7) is 7.33. The van der Waals surface area contributed by atoms with Crippen LogP contribution in [0.25, 0.3) is 0 Å². The van der Waals surface area contributed by atoms with Gasteiger partial charge < -0.3 is 20.9 Å². The molecule has 1 aliphatic heterocycles. The maximum absolute atomic E-state index is 13.1. The lowest BCUT2D eigenvalue weighted by atomic mass is 10.0. The summed E-state index contributed by atoms with van der Waals surface area (Å²) in [4.78, 5) is 17.2. The Morgan fingerprint density at radius 2 is 2.15 bits per heavy atom. The molecule has 0 bridgehead atoms. The lowest BCUT2D eigenvalue weighted by Crippen LogP contribution is -2.40. The van der Waals surface area contributed by atoms with Gasteiger partial charge in [-0.3, -0.25) is 4.79 Å². The quantitative estimate of drug-likeness (QED) is 0.465. The molecule has 6 heteroatoms. The summed E-state index contributed by atoms with van der Waals surface area (Å²) in [5.41, 5.74) is 8.34. The van der Waals surface area contributed by atoms with Crippen LogP contribution in [0.1, 0.15) is 56.3 Å². The molecule has 152 valence electrons. The number of nitrogens with zero attached hydrogens (tertiary/aromatic N) is 2. The van der Waals surface area contributed by atoms with E-state index in [1.165, 1.54) is 6.42 Å². The van der Waals surface area contributed by atoms with Gasteiger partial charge in [-0.15, -0.1) is 0 Å². The molecule has 1 heterocycles. The summed E-state index contributed by atoms with van der Waals surface area (Å²) in [7, 11) is 4.02. The Morgan fingerprint density at radius 1 is 1.41 bits per heavy atom. The van der Waals surface area contributed by atoms with E-state index in [-0.39, 0.29) is 5.91 Å². The van der Waals surface area contributed by atoms with Crippen LogP contribution in [0.15, 0.2) is 16.6 Å². The number of rotatable bonds is 8. The Balaban J connectivity index is 2.10. The second-order valence-corrected chi connectivity index (χ2v) is 9.20. The van der Waals surface area contributed by atoms with E-state index >= 15 is 0 Å². The second kappa shape index (κ2) is 10.3. The molecule has 1 saturated heterocycles. The lowest BCUT2D eigenvalue weighted by Gasteiger charge is -2.32. The number of nitrogens with two attached hydrogens (primary N) is 1. The van der Waals surface area contributed by atoms with Crippen LogP contribution in [0.4, 0.5) is 11.4 Å². The molecule has 0 radical (unpaired) electrons. The smallest absolute Gasteiger partial charge is 0.255 e. The standard InChI is InChI=1S/C21H35BrN4O/c1-15(2)8-5-6-11-26(4)21(27)18-12-16(22)13-19(23)20(18)24-17-9-7-10-25(3)14-17/h12-13,15,17,24H,5-11,14,23H2,1-4H3. The number of likely N-dealkylation sites (tertiary alicyclic amines) is 1. The Morgan fingerprint density at radius 3 is 2.81 bits per heavy atom. The van der Waals surface area contributed by atoms with Crippen molar-refractivity contribution in [3.8, 4) is 0 Å². The average molecular weight is 439 g/mol. The van der Waals surface area contributed by atoms with Crippen LogP contribution in [-0.4, -0.2) is 55.5 Å². The fourth-order valence-electron chi connectivity index (χ4n) is 3.65. The van der Waals surface area contributed by atoms with E-state index in [1.807, 2.05) is 24.1 Å². The molecule has 0 saturated carbocycles. The van der Waals surface area contributed by atoms with Gasteiger partial charge in [-0.05, 0) is 50.9 Å². The number of anilines is 2. The van der Waals surface area contributed by atoms with Gasteiger partial charge in [-0.25, -0.2) is 0 Å². The number of likely N-dealkylation sites (N-methyl/N-ethyl adjacent to an activating group) is 1. The van der Waals surface area contributed by atoms with Gasteiger partial charge in [0.25, 0.3) is 5.91 Å². The number of amides is 1. The number of hydrogen-bond donors (Lipinski definition) is 2. The zero-order chi connectivity index (χ0) is 20.0. The van der Waals surface area contributed by atoms with Crippen molar-refractivity contribution in [1.82, 2.24) is 9.80 Å². The van der Waals surface area contributed by atoms with Crippen LogP contribution in [0.5, 0.6) is 0 Å². The van der Waals surface area contributed by atoms with Gasteiger partial charge in [-0.1, -0.05) is 42.6 Å². The first-order chi connectivity index (χ1) is 12.8. The molecule has 0 aliphatic carbocycles. The van der Waals surface area contributed by atoms with Crippen LogP contribution in [0, 0.1) is 5.92 Å². The summed E-state index contributed by atoms with van der Waals surface area (Å²) >= 11 is 3.49. The van der Waals surface area contributed by atoms with E-state index in [1.54, 1.807) is 0 Å². The fourth-order valence-corrected chi connectivity index (χ4v) is 4.13. The Hall–Kier alpha value is -1.27. The monoisotopic (exact) mass is 438 g/mol. The Kier molecular flexibility index (Phi) is 8.42. The summed E-state index contributed by atoms with van der Waals surface area (Å²) < 4.78 is 0.836. The maximum Gasteiger partial charge on any atom is 0.255 e. The zero-order valence-corrected chi connectivity index (χ0v) is 18.8. The Bertz CT molecular complexity index is 635. The minimum Gasteiger partial charge on any atom is -0.397 e. The van der Waals surface area contributed by atoms with Gasteiger partial charge in [0.2, 0.25) is 0 Å². The maximum atomic E-state index is 13.1. The molecule has 0 aromatic heterocycles. The molecular formula is C21H35BrN4O. The number of unbranched alkanes of at least 4 members (excludes halogenated alkanes) is 1. The predicted molar refractivity (Wildman–Crippen MR) is 118 cm³/mol. The molecule has 3 N–H and O–H groups in total. The van der Waals surface area contributed by atoms with Crippen molar-refractivity contribution >= 4 is 33.2 Å². The van der Waals surface area contributed by atoms with Gasteiger partial charge >= 0.3 is 0 Å². The number of halogens is 1. The molecule has 1 aromatic rings. The van der Waals surface area contributed by atoms with Crippen LogP contribution in [0.3, 0.4) is 0 Å². The molecule has 1 unspecified atom stereocenters. The van der Waals surface area contributed by atoms with Gasteiger partial charge in [0, 0.05) is 30.7 Å². The Labute approximate surface area is 172 Å². The van der Waals surface area contributed by atoms with Crippen LogP contribution in [-0.2, 0) is 0 Å². The minimum absolute atomic E-state index is 0.0270. The first-order valence-electron chi connectivity index (χ1n) is 10.1. The van der Waals surface area contributed by atoms with Crippen LogP contribution in [0.2, 0.25) is 0 Å². The van der Waals surface area contributed by atoms with E-state index in [9.17, 15) is 4.79 Å². The summed E-state index contributed by atoms with van der Waals surface area (Å²) in [6.07, 6.45) is 5.63. The highest BCUT2D eigenvalue weighted by Gasteiger charge is 2.23. The third-order valence-corrected chi connectivity index (χ3v) is 5.67. The van der Waals surface area contributed by atoms with Gasteiger partial charge in [0.1, 0.15) is 0 Å². The van der Waals surface area contributed by atoms with E-state index in [0.29, 0.717) is 23.2 Å². The lowest BCUT2D eigenvalue weighted by molar-refractivity contribution is 0.0793. The van der Waals surface area contributed by atoms with Crippen molar-refractivity contribution in [3.05, 3.63) is 22.2 Å². The molecule has 1 fully saturated rings. The van der Waals surface area contributed by atoms with E-state index in [2.05, 4.69) is 47.0 Å². The normalized spacial score (nSPS) is 17.9. The van der Waals surface area contributed by atoms with Crippen molar-refractivity contribution in [2.75, 3.05) is 44.8 Å². The highest BCUT2D eigenvalue weighted by Crippen LogP contribution is 2.31. The largest absolute Gasteiger partial charge is 0.397 e. The molecule has 0 spiro atoms. The summed E-state index contributed by atoms with van der Waals surface area (Å²) in [5, 5.41) is 3.56. The third-order valence-electron chi connectivity index (χ3n) is 5.21. The highest BCUT2D eigenvalue weighted by molar-refractivity contribution is 9.10. The van der Waals surface area contributed by atoms with Crippen molar-refractivity contribution in [1.29, 1.82) is 0 Å². The third kappa shape index (κ3) is 6.68. The minimum atomic E-state index is 0.0270. The molecule has 27 heavy (non-hydrogen) atoms. The average Bonchev–Trinajstić information content (AvgIpc) is 2.60. The number of nitrogens with one attached hydrogen (secondary N) is 1. The van der Waals surface area contributed by atoms with E-state index in [4.69, 9.17) is 5.73 Å². The molecule has 1 aromatic carbocycles. The molecule has 2 rings (SSSR count). The van der Waals surface area contributed by atoms with E-state index < -0.39 is 0 Å². The second-order valence-electron chi connectivity index (χ2n) is 8.28. The van der Waals surface area contributed by atoms with Gasteiger partial charge in [0.15, 0.2) is 0 Å². The van der Waals surface area contributed by atoms with E-state index in [0.717, 1.165) is 55.5 Å². The molecule has 1 atom stereocenters. The van der Waals surface area contributed by atoms with Crippen molar-refractivity contribution in [2.45, 2.75) is 52.0 Å². The molecular weight excluding hydrogens is 404 g/mol. The summed E-state index contributed by atoms with van der Waals surface area (Å²) in [5.74, 6) is 0.736. The number of carbonyl (C=O) groups excluding carboxylic acids is 1. The first kappa shape index (κ1) is 22.0. The topological polar surface area (TPSA) is 61.6 Å². The van der Waals surface area contributed by atoms with Crippen molar-refractivity contribution in [3.63, 3.8) is 0 Å².